The molecule has 18 heavy (non-hydrogen) atoms. The lowest BCUT2D eigenvalue weighted by atomic mass is 10.2. The molecule has 1 aromatic rings. The summed E-state index contributed by atoms with van der Waals surface area (Å²) in [4.78, 5) is 0. The molecule has 0 aliphatic heterocycles. The van der Waals surface area contributed by atoms with Crippen LogP contribution in [0.3, 0.4) is 0 Å². The van der Waals surface area contributed by atoms with Crippen molar-refractivity contribution in [2.75, 3.05) is 18.5 Å². The highest BCUT2D eigenvalue weighted by Crippen LogP contribution is 2.15. The fraction of sp³-hybridized carbons (Fsp3) is 0.357. The van der Waals surface area contributed by atoms with Gasteiger partial charge in [0.1, 0.15) is 12.4 Å². The van der Waals surface area contributed by atoms with E-state index < -0.39 is 0 Å². The normalized spacial score (nSPS) is 9.94. The molecule has 0 bridgehead atoms. The van der Waals surface area contributed by atoms with Crippen molar-refractivity contribution in [1.29, 1.82) is 0 Å². The van der Waals surface area contributed by atoms with Gasteiger partial charge < -0.3 is 15.4 Å². The SMILES string of the molecule is C=CCOc1ccc(NC(=S)NCC(C)C)cc1. The van der Waals surface area contributed by atoms with Gasteiger partial charge in [-0.1, -0.05) is 26.5 Å². The van der Waals surface area contributed by atoms with Gasteiger partial charge in [0.15, 0.2) is 5.11 Å². The van der Waals surface area contributed by atoms with Gasteiger partial charge in [-0.15, -0.1) is 0 Å². The summed E-state index contributed by atoms with van der Waals surface area (Å²) < 4.78 is 5.40. The number of anilines is 1. The van der Waals surface area contributed by atoms with Crippen LogP contribution >= 0.6 is 12.2 Å². The van der Waals surface area contributed by atoms with Crippen molar-refractivity contribution in [3.63, 3.8) is 0 Å². The molecule has 1 aromatic carbocycles. The van der Waals surface area contributed by atoms with Gasteiger partial charge in [-0.05, 0) is 42.4 Å². The van der Waals surface area contributed by atoms with Crippen LogP contribution in [0.1, 0.15) is 13.8 Å². The van der Waals surface area contributed by atoms with Crippen molar-refractivity contribution >= 4 is 23.0 Å². The molecule has 2 N–H and O–H groups in total. The lowest BCUT2D eigenvalue weighted by molar-refractivity contribution is 0.363. The van der Waals surface area contributed by atoms with Gasteiger partial charge >= 0.3 is 0 Å². The van der Waals surface area contributed by atoms with E-state index in [-0.39, 0.29) is 0 Å². The predicted molar refractivity (Wildman–Crippen MR) is 81.2 cm³/mol. The number of benzene rings is 1. The van der Waals surface area contributed by atoms with Gasteiger partial charge in [0.25, 0.3) is 0 Å². The molecule has 4 heteroatoms. The number of hydrogen-bond acceptors (Lipinski definition) is 2. The molecule has 0 fully saturated rings. The Bertz CT molecular complexity index is 387. The van der Waals surface area contributed by atoms with Gasteiger partial charge in [-0.2, -0.15) is 0 Å². The molecule has 0 aromatic heterocycles. The smallest absolute Gasteiger partial charge is 0.170 e. The predicted octanol–water partition coefficient (Wildman–Crippen LogP) is 3.19. The molecular formula is C14H20N2OS. The van der Waals surface area contributed by atoms with E-state index >= 15 is 0 Å². The van der Waals surface area contributed by atoms with Gasteiger partial charge in [-0.3, -0.25) is 0 Å². The Morgan fingerprint density at radius 1 is 1.39 bits per heavy atom. The Labute approximate surface area is 114 Å². The first-order chi connectivity index (χ1) is 8.61. The minimum atomic E-state index is 0.515. The topological polar surface area (TPSA) is 33.3 Å². The molecule has 0 amide bonds. The fourth-order valence-electron chi connectivity index (χ4n) is 1.26. The van der Waals surface area contributed by atoms with Crippen LogP contribution in [-0.2, 0) is 0 Å². The molecule has 0 aliphatic rings. The summed E-state index contributed by atoms with van der Waals surface area (Å²) in [6, 6.07) is 7.66. The van der Waals surface area contributed by atoms with E-state index in [0.717, 1.165) is 18.0 Å². The maximum Gasteiger partial charge on any atom is 0.170 e. The van der Waals surface area contributed by atoms with Crippen LogP contribution in [-0.4, -0.2) is 18.3 Å². The van der Waals surface area contributed by atoms with Crippen LogP contribution < -0.4 is 15.4 Å². The molecular weight excluding hydrogens is 244 g/mol. The highest BCUT2D eigenvalue weighted by atomic mass is 32.1. The number of rotatable bonds is 6. The van der Waals surface area contributed by atoms with E-state index in [1.165, 1.54) is 0 Å². The first-order valence-corrected chi connectivity index (χ1v) is 6.41. The lowest BCUT2D eigenvalue weighted by Gasteiger charge is -2.12. The average Bonchev–Trinajstić information content (AvgIpc) is 2.35. The highest BCUT2D eigenvalue weighted by Gasteiger charge is 1.99. The lowest BCUT2D eigenvalue weighted by Crippen LogP contribution is -2.31. The third kappa shape index (κ3) is 5.68. The molecule has 0 radical (unpaired) electrons. The summed E-state index contributed by atoms with van der Waals surface area (Å²) in [7, 11) is 0. The first kappa shape index (κ1) is 14.5. The van der Waals surface area contributed by atoms with Gasteiger partial charge in [0, 0.05) is 12.2 Å². The average molecular weight is 264 g/mol. The Kier molecular flexibility index (Phi) is 6.22. The summed E-state index contributed by atoms with van der Waals surface area (Å²) in [5.41, 5.74) is 0.946. The zero-order valence-corrected chi connectivity index (χ0v) is 11.7. The van der Waals surface area contributed by atoms with Crippen molar-refractivity contribution in [2.24, 2.45) is 5.92 Å². The Hall–Kier alpha value is -1.55. The van der Waals surface area contributed by atoms with Crippen molar-refractivity contribution < 1.29 is 4.74 Å². The van der Waals surface area contributed by atoms with Crippen LogP contribution in [0.15, 0.2) is 36.9 Å². The molecule has 98 valence electrons. The Morgan fingerprint density at radius 2 is 2.06 bits per heavy atom. The van der Waals surface area contributed by atoms with Crippen LogP contribution in [0.2, 0.25) is 0 Å². The minimum absolute atomic E-state index is 0.515. The van der Waals surface area contributed by atoms with Crippen LogP contribution in [0.5, 0.6) is 5.75 Å². The van der Waals surface area contributed by atoms with E-state index in [4.69, 9.17) is 17.0 Å². The number of nitrogens with one attached hydrogen (secondary N) is 2. The first-order valence-electron chi connectivity index (χ1n) is 6.00. The summed E-state index contributed by atoms with van der Waals surface area (Å²) in [5.74, 6) is 1.39. The van der Waals surface area contributed by atoms with E-state index in [0.29, 0.717) is 17.6 Å². The van der Waals surface area contributed by atoms with Crippen LogP contribution in [0.25, 0.3) is 0 Å². The minimum Gasteiger partial charge on any atom is -0.490 e. The summed E-state index contributed by atoms with van der Waals surface area (Å²) >= 11 is 5.19. The molecule has 1 rings (SSSR count). The highest BCUT2D eigenvalue weighted by molar-refractivity contribution is 7.80. The van der Waals surface area contributed by atoms with Crippen LogP contribution in [0.4, 0.5) is 5.69 Å². The second kappa shape index (κ2) is 7.71. The fourth-order valence-corrected chi connectivity index (χ4v) is 1.46. The maximum atomic E-state index is 5.40. The van der Waals surface area contributed by atoms with Gasteiger partial charge in [-0.25, -0.2) is 0 Å². The van der Waals surface area contributed by atoms with E-state index in [1.54, 1.807) is 6.08 Å². The Balaban J connectivity index is 2.42. The Morgan fingerprint density at radius 3 is 2.61 bits per heavy atom. The number of thiocarbonyl (C=S) groups is 1. The van der Waals surface area contributed by atoms with Crippen molar-refractivity contribution in [3.05, 3.63) is 36.9 Å². The summed E-state index contributed by atoms with van der Waals surface area (Å²) in [6.45, 7) is 9.27. The third-order valence-electron chi connectivity index (χ3n) is 2.15. The monoisotopic (exact) mass is 264 g/mol. The van der Waals surface area contributed by atoms with Gasteiger partial charge in [0.05, 0.1) is 0 Å². The standard InChI is InChI=1S/C14H20N2OS/c1-4-9-17-13-7-5-12(6-8-13)16-14(18)15-10-11(2)3/h4-8,11H,1,9-10H2,2-3H3,(H2,15,16,18). The van der Waals surface area contributed by atoms with Crippen LogP contribution in [0, 0.1) is 5.92 Å². The molecule has 0 saturated heterocycles. The van der Waals surface area contributed by atoms with Crippen molar-refractivity contribution in [3.8, 4) is 5.75 Å². The zero-order valence-electron chi connectivity index (χ0n) is 10.9. The maximum absolute atomic E-state index is 5.40. The number of hydrogen-bond donors (Lipinski definition) is 2. The second-order valence-corrected chi connectivity index (χ2v) is 4.76. The number of ether oxygens (including phenoxy) is 1. The van der Waals surface area contributed by atoms with Crippen molar-refractivity contribution in [2.45, 2.75) is 13.8 Å². The zero-order chi connectivity index (χ0) is 13.4. The molecule has 0 spiro atoms. The third-order valence-corrected chi connectivity index (χ3v) is 2.40. The second-order valence-electron chi connectivity index (χ2n) is 4.35. The molecule has 0 atom stereocenters. The van der Waals surface area contributed by atoms with E-state index in [1.807, 2.05) is 24.3 Å². The quantitative estimate of drug-likeness (QED) is 0.610. The molecule has 0 unspecified atom stereocenters. The summed E-state index contributed by atoms with van der Waals surface area (Å²) in [6.07, 6.45) is 1.72. The van der Waals surface area contributed by atoms with E-state index in [2.05, 4.69) is 31.1 Å². The molecule has 3 nitrogen and oxygen atoms in total. The molecule has 0 heterocycles. The van der Waals surface area contributed by atoms with Gasteiger partial charge in [0.2, 0.25) is 0 Å². The van der Waals surface area contributed by atoms with E-state index in [9.17, 15) is 0 Å². The van der Waals surface area contributed by atoms with Crippen molar-refractivity contribution in [1.82, 2.24) is 5.32 Å². The largest absolute Gasteiger partial charge is 0.490 e. The summed E-state index contributed by atoms with van der Waals surface area (Å²) in [5, 5.41) is 6.92. The molecule has 0 aliphatic carbocycles. The molecule has 0 saturated carbocycles.